The van der Waals surface area contributed by atoms with Gasteiger partial charge in [0.2, 0.25) is 0 Å². The van der Waals surface area contributed by atoms with E-state index in [1.165, 1.54) is 0 Å². The van der Waals surface area contributed by atoms with E-state index in [0.717, 1.165) is 43.4 Å². The number of rotatable bonds is 10. The third-order valence-electron chi connectivity index (χ3n) is 3.30. The maximum Gasteiger partial charge on any atom is 0.191 e. The van der Waals surface area contributed by atoms with Crippen molar-refractivity contribution in [2.45, 2.75) is 33.7 Å². The zero-order valence-corrected chi connectivity index (χ0v) is 14.9. The van der Waals surface area contributed by atoms with Crippen molar-refractivity contribution in [3.05, 3.63) is 29.8 Å². The van der Waals surface area contributed by atoms with E-state index < -0.39 is 0 Å². The Bertz CT molecular complexity index is 444. The highest BCUT2D eigenvalue weighted by atomic mass is 16.5. The first kappa shape index (κ1) is 19.3. The van der Waals surface area contributed by atoms with Crippen molar-refractivity contribution < 1.29 is 9.47 Å². The Balaban J connectivity index is 2.34. The Labute approximate surface area is 140 Å². The minimum atomic E-state index is 0.632. The number of ether oxygens (including phenoxy) is 2. The molecule has 0 aliphatic heterocycles. The summed E-state index contributed by atoms with van der Waals surface area (Å²) in [5.41, 5.74) is 1.15. The van der Waals surface area contributed by atoms with Crippen molar-refractivity contribution >= 4 is 5.96 Å². The normalized spacial score (nSPS) is 11.6. The molecule has 0 bridgehead atoms. The highest BCUT2D eigenvalue weighted by molar-refractivity contribution is 5.79. The van der Waals surface area contributed by atoms with Crippen LogP contribution in [-0.2, 0) is 11.3 Å². The maximum absolute atomic E-state index is 5.60. The predicted molar refractivity (Wildman–Crippen MR) is 96.1 cm³/mol. The smallest absolute Gasteiger partial charge is 0.191 e. The van der Waals surface area contributed by atoms with E-state index in [9.17, 15) is 0 Å². The van der Waals surface area contributed by atoms with Gasteiger partial charge >= 0.3 is 0 Å². The molecule has 0 saturated heterocycles. The molecular formula is C18H31N3O2. The van der Waals surface area contributed by atoms with Crippen LogP contribution in [0.25, 0.3) is 0 Å². The second kappa shape index (κ2) is 11.8. The lowest BCUT2D eigenvalue weighted by Crippen LogP contribution is -2.39. The summed E-state index contributed by atoms with van der Waals surface area (Å²) in [5.74, 6) is 2.36. The molecule has 0 spiro atoms. The number of hydrogen-bond donors (Lipinski definition) is 2. The fourth-order valence-electron chi connectivity index (χ4n) is 1.91. The average molecular weight is 321 g/mol. The molecule has 0 aromatic heterocycles. The van der Waals surface area contributed by atoms with E-state index >= 15 is 0 Å². The van der Waals surface area contributed by atoms with Crippen LogP contribution < -0.4 is 15.4 Å². The van der Waals surface area contributed by atoms with Crippen molar-refractivity contribution in [3.63, 3.8) is 0 Å². The first-order valence-corrected chi connectivity index (χ1v) is 8.38. The van der Waals surface area contributed by atoms with Crippen LogP contribution in [0.15, 0.2) is 29.3 Å². The zero-order valence-electron chi connectivity index (χ0n) is 14.9. The van der Waals surface area contributed by atoms with Gasteiger partial charge < -0.3 is 20.1 Å². The largest absolute Gasteiger partial charge is 0.497 e. The fourth-order valence-corrected chi connectivity index (χ4v) is 1.91. The van der Waals surface area contributed by atoms with Crippen molar-refractivity contribution in [1.82, 2.24) is 10.6 Å². The summed E-state index contributed by atoms with van der Waals surface area (Å²) in [5, 5.41) is 6.53. The Morgan fingerprint density at radius 3 is 2.48 bits per heavy atom. The molecule has 0 fully saturated rings. The lowest BCUT2D eigenvalue weighted by molar-refractivity contribution is 0.128. The SMILES string of the molecule is CCNC(=NCc1ccc(OC)cc1)NCCOCCC(C)C. The van der Waals surface area contributed by atoms with Crippen LogP contribution in [0.4, 0.5) is 0 Å². The van der Waals surface area contributed by atoms with Crippen LogP contribution in [0.3, 0.4) is 0 Å². The molecule has 0 aliphatic carbocycles. The topological polar surface area (TPSA) is 54.9 Å². The molecule has 5 heteroatoms. The van der Waals surface area contributed by atoms with E-state index in [2.05, 4.69) is 36.4 Å². The van der Waals surface area contributed by atoms with Gasteiger partial charge in [-0.15, -0.1) is 0 Å². The molecule has 0 aliphatic rings. The Kier molecular flexibility index (Phi) is 9.87. The number of nitrogens with one attached hydrogen (secondary N) is 2. The van der Waals surface area contributed by atoms with E-state index in [1.807, 2.05) is 24.3 Å². The molecule has 1 aromatic rings. The molecule has 130 valence electrons. The maximum atomic E-state index is 5.60. The van der Waals surface area contributed by atoms with Gasteiger partial charge in [-0.25, -0.2) is 4.99 Å². The molecule has 5 nitrogen and oxygen atoms in total. The van der Waals surface area contributed by atoms with Gasteiger partial charge in [-0.2, -0.15) is 0 Å². The number of guanidine groups is 1. The second-order valence-electron chi connectivity index (χ2n) is 5.76. The van der Waals surface area contributed by atoms with E-state index in [0.29, 0.717) is 19.1 Å². The number of methoxy groups -OCH3 is 1. The van der Waals surface area contributed by atoms with Gasteiger partial charge in [0.1, 0.15) is 5.75 Å². The monoisotopic (exact) mass is 321 g/mol. The van der Waals surface area contributed by atoms with Crippen LogP contribution in [0.1, 0.15) is 32.8 Å². The highest BCUT2D eigenvalue weighted by Crippen LogP contribution is 2.11. The number of nitrogens with zero attached hydrogens (tertiary/aromatic N) is 1. The number of aliphatic imine (C=N–C) groups is 1. The standard InChI is InChI=1S/C18H31N3O2/c1-5-19-18(20-11-13-23-12-10-15(2)3)21-14-16-6-8-17(22-4)9-7-16/h6-9,15H,5,10-14H2,1-4H3,(H2,19,20,21). The summed E-state index contributed by atoms with van der Waals surface area (Å²) in [4.78, 5) is 4.58. The fraction of sp³-hybridized carbons (Fsp3) is 0.611. The van der Waals surface area contributed by atoms with Gasteiger partial charge in [0, 0.05) is 19.7 Å². The Morgan fingerprint density at radius 2 is 1.87 bits per heavy atom. The van der Waals surface area contributed by atoms with Gasteiger partial charge in [-0.05, 0) is 37.0 Å². The molecule has 0 atom stereocenters. The van der Waals surface area contributed by atoms with Crippen molar-refractivity contribution in [1.29, 1.82) is 0 Å². The summed E-state index contributed by atoms with van der Waals surface area (Å²) in [6.45, 7) is 10.2. The van der Waals surface area contributed by atoms with Gasteiger partial charge in [0.25, 0.3) is 0 Å². The quantitative estimate of drug-likeness (QED) is 0.395. The van der Waals surface area contributed by atoms with Crippen molar-refractivity contribution in [3.8, 4) is 5.75 Å². The Hall–Kier alpha value is -1.75. The molecule has 1 aromatic carbocycles. The summed E-state index contributed by atoms with van der Waals surface area (Å²) in [6, 6.07) is 7.96. The minimum Gasteiger partial charge on any atom is -0.497 e. The summed E-state index contributed by atoms with van der Waals surface area (Å²) in [6.07, 6.45) is 1.10. The predicted octanol–water partition coefficient (Wildman–Crippen LogP) is 2.81. The van der Waals surface area contributed by atoms with Crippen molar-refractivity contribution in [2.75, 3.05) is 33.4 Å². The number of hydrogen-bond acceptors (Lipinski definition) is 3. The molecule has 23 heavy (non-hydrogen) atoms. The lowest BCUT2D eigenvalue weighted by atomic mass is 10.1. The zero-order chi connectivity index (χ0) is 16.9. The molecule has 0 amide bonds. The van der Waals surface area contributed by atoms with Crippen LogP contribution in [0, 0.1) is 5.92 Å². The molecule has 1 rings (SSSR count). The van der Waals surface area contributed by atoms with Gasteiger partial charge in [-0.3, -0.25) is 0 Å². The molecule has 0 heterocycles. The van der Waals surface area contributed by atoms with Crippen LogP contribution >= 0.6 is 0 Å². The number of benzene rings is 1. The van der Waals surface area contributed by atoms with Gasteiger partial charge in [0.15, 0.2) is 5.96 Å². The van der Waals surface area contributed by atoms with Crippen LogP contribution in [-0.4, -0.2) is 39.4 Å². The summed E-state index contributed by atoms with van der Waals surface area (Å²) < 4.78 is 10.8. The first-order valence-electron chi connectivity index (χ1n) is 8.38. The lowest BCUT2D eigenvalue weighted by Gasteiger charge is -2.12. The molecule has 0 saturated carbocycles. The molecule has 2 N–H and O–H groups in total. The molecule has 0 radical (unpaired) electrons. The van der Waals surface area contributed by atoms with Crippen LogP contribution in [0.2, 0.25) is 0 Å². The van der Waals surface area contributed by atoms with Gasteiger partial charge in [0.05, 0.1) is 20.3 Å². The van der Waals surface area contributed by atoms with E-state index in [1.54, 1.807) is 7.11 Å². The molecule has 0 unspecified atom stereocenters. The minimum absolute atomic E-state index is 0.632. The van der Waals surface area contributed by atoms with Gasteiger partial charge in [-0.1, -0.05) is 26.0 Å². The molecular weight excluding hydrogens is 290 g/mol. The summed E-state index contributed by atoms with van der Waals surface area (Å²) in [7, 11) is 1.67. The van der Waals surface area contributed by atoms with E-state index in [-0.39, 0.29) is 0 Å². The Morgan fingerprint density at radius 1 is 1.13 bits per heavy atom. The third-order valence-corrected chi connectivity index (χ3v) is 3.30. The second-order valence-corrected chi connectivity index (χ2v) is 5.76. The highest BCUT2D eigenvalue weighted by Gasteiger charge is 1.99. The van der Waals surface area contributed by atoms with Crippen LogP contribution in [0.5, 0.6) is 5.75 Å². The van der Waals surface area contributed by atoms with Crippen molar-refractivity contribution in [2.24, 2.45) is 10.9 Å². The first-order chi connectivity index (χ1) is 11.2. The third kappa shape index (κ3) is 9.08. The average Bonchev–Trinajstić information content (AvgIpc) is 2.55. The summed E-state index contributed by atoms with van der Waals surface area (Å²) >= 11 is 0. The van der Waals surface area contributed by atoms with E-state index in [4.69, 9.17) is 9.47 Å².